The van der Waals surface area contributed by atoms with Crippen molar-refractivity contribution >= 4 is 23.2 Å². The lowest BCUT2D eigenvalue weighted by Gasteiger charge is -2.30. The number of phenolic OH excluding ortho intramolecular Hbond substituents is 1. The number of carbonyl (C=O) groups excluding carboxylic acids is 1. The van der Waals surface area contributed by atoms with Crippen LogP contribution in [0.4, 0.5) is 5.69 Å². The molecule has 1 aromatic rings. The third-order valence-corrected chi connectivity index (χ3v) is 2.99. The molecule has 0 fully saturated rings. The Balaban J connectivity index is 2.35. The van der Waals surface area contributed by atoms with E-state index >= 15 is 0 Å². The first-order valence-corrected chi connectivity index (χ1v) is 5.94. The number of para-hydroxylation sites is 1. The smallest absolute Gasteiger partial charge is 0.228 e. The summed E-state index contributed by atoms with van der Waals surface area (Å²) in [6, 6.07) is 5.38. The highest BCUT2D eigenvalue weighted by Crippen LogP contribution is 2.35. The van der Waals surface area contributed by atoms with E-state index in [4.69, 9.17) is 11.6 Å². The van der Waals surface area contributed by atoms with Crippen LogP contribution in [-0.4, -0.2) is 23.4 Å². The molecule has 0 spiro atoms. The molecule has 0 aromatic heterocycles. The Bertz CT molecular complexity index is 406. The standard InChI is InChI=1S/C12H14ClNO2/c13-7-6-11(16)14-8-2-4-9-3-1-5-10(15)12(9)14/h1,3,5,15H,2,4,6-8H2. The van der Waals surface area contributed by atoms with Gasteiger partial charge in [0.05, 0.1) is 5.69 Å². The molecule has 1 amide bonds. The summed E-state index contributed by atoms with van der Waals surface area (Å²) in [5.41, 5.74) is 1.71. The van der Waals surface area contributed by atoms with Gasteiger partial charge < -0.3 is 10.0 Å². The van der Waals surface area contributed by atoms with Gasteiger partial charge in [-0.05, 0) is 24.5 Å². The van der Waals surface area contributed by atoms with Gasteiger partial charge in [-0.25, -0.2) is 0 Å². The van der Waals surface area contributed by atoms with Crippen molar-refractivity contribution in [3.63, 3.8) is 0 Å². The molecule has 0 radical (unpaired) electrons. The van der Waals surface area contributed by atoms with Crippen LogP contribution in [0.25, 0.3) is 0 Å². The van der Waals surface area contributed by atoms with Crippen LogP contribution in [-0.2, 0) is 11.2 Å². The second-order valence-electron chi connectivity index (χ2n) is 3.87. The third-order valence-electron chi connectivity index (χ3n) is 2.81. The van der Waals surface area contributed by atoms with Crippen LogP contribution in [0, 0.1) is 0 Å². The summed E-state index contributed by atoms with van der Waals surface area (Å²) in [4.78, 5) is 13.5. The minimum Gasteiger partial charge on any atom is -0.506 e. The lowest BCUT2D eigenvalue weighted by Crippen LogP contribution is -2.35. The summed E-state index contributed by atoms with van der Waals surface area (Å²) >= 11 is 5.57. The number of carbonyl (C=O) groups is 1. The van der Waals surface area contributed by atoms with Gasteiger partial charge >= 0.3 is 0 Å². The van der Waals surface area contributed by atoms with Crippen LogP contribution in [0.1, 0.15) is 18.4 Å². The fourth-order valence-electron chi connectivity index (χ4n) is 2.10. The highest BCUT2D eigenvalue weighted by Gasteiger charge is 2.24. The Kier molecular flexibility index (Phi) is 3.34. The minimum absolute atomic E-state index is 0.0162. The molecule has 1 aliphatic heterocycles. The van der Waals surface area contributed by atoms with Crippen LogP contribution in [0.15, 0.2) is 18.2 Å². The average molecular weight is 240 g/mol. The molecule has 3 nitrogen and oxygen atoms in total. The number of fused-ring (bicyclic) bond motifs is 1. The van der Waals surface area contributed by atoms with Gasteiger partial charge in [-0.1, -0.05) is 12.1 Å². The van der Waals surface area contributed by atoms with E-state index in [0.29, 0.717) is 24.5 Å². The minimum atomic E-state index is -0.0162. The van der Waals surface area contributed by atoms with Gasteiger partial charge in [0.2, 0.25) is 5.91 Å². The van der Waals surface area contributed by atoms with E-state index in [1.54, 1.807) is 11.0 Å². The first kappa shape index (κ1) is 11.3. The largest absolute Gasteiger partial charge is 0.506 e. The van der Waals surface area contributed by atoms with Crippen LogP contribution < -0.4 is 4.90 Å². The van der Waals surface area contributed by atoms with Crippen molar-refractivity contribution in [2.75, 3.05) is 17.3 Å². The molecule has 2 rings (SSSR count). The zero-order valence-corrected chi connectivity index (χ0v) is 9.70. The summed E-state index contributed by atoms with van der Waals surface area (Å²) in [7, 11) is 0. The van der Waals surface area contributed by atoms with E-state index in [1.165, 1.54) is 0 Å². The van der Waals surface area contributed by atoms with Crippen LogP contribution in [0.5, 0.6) is 5.75 Å². The monoisotopic (exact) mass is 239 g/mol. The Hall–Kier alpha value is -1.22. The molecule has 1 aliphatic rings. The van der Waals surface area contributed by atoms with Gasteiger partial charge in [-0.15, -0.1) is 11.6 Å². The number of phenols is 1. The number of amides is 1. The SMILES string of the molecule is O=C(CCCl)N1CCCc2cccc(O)c21. The maximum absolute atomic E-state index is 11.8. The Morgan fingerprint density at radius 2 is 2.31 bits per heavy atom. The van der Waals surface area contributed by atoms with Crippen molar-refractivity contribution in [1.29, 1.82) is 0 Å². The lowest BCUT2D eigenvalue weighted by atomic mass is 10.0. The van der Waals surface area contributed by atoms with Crippen molar-refractivity contribution in [2.24, 2.45) is 0 Å². The Labute approximate surface area is 99.6 Å². The number of hydrogen-bond acceptors (Lipinski definition) is 2. The number of anilines is 1. The number of aryl methyl sites for hydroxylation is 1. The van der Waals surface area contributed by atoms with Crippen molar-refractivity contribution in [2.45, 2.75) is 19.3 Å². The summed E-state index contributed by atoms with van der Waals surface area (Å²) in [6.07, 6.45) is 2.16. The topological polar surface area (TPSA) is 40.5 Å². The number of benzene rings is 1. The van der Waals surface area contributed by atoms with Gasteiger partial charge in [-0.3, -0.25) is 4.79 Å². The predicted octanol–water partition coefficient (Wildman–Crippen LogP) is 2.30. The molecule has 0 saturated heterocycles. The zero-order chi connectivity index (χ0) is 11.5. The van der Waals surface area contributed by atoms with E-state index in [9.17, 15) is 9.90 Å². The highest BCUT2D eigenvalue weighted by atomic mass is 35.5. The molecule has 1 aromatic carbocycles. The normalized spacial score (nSPS) is 14.7. The number of nitrogens with zero attached hydrogens (tertiary/aromatic N) is 1. The number of aromatic hydroxyl groups is 1. The Morgan fingerprint density at radius 3 is 3.06 bits per heavy atom. The first-order valence-electron chi connectivity index (χ1n) is 5.41. The van der Waals surface area contributed by atoms with Crippen molar-refractivity contribution in [1.82, 2.24) is 0 Å². The molecular formula is C12H14ClNO2. The molecule has 0 aliphatic carbocycles. The maximum atomic E-state index is 11.8. The quantitative estimate of drug-likeness (QED) is 0.805. The lowest BCUT2D eigenvalue weighted by molar-refractivity contribution is -0.118. The van der Waals surface area contributed by atoms with Gasteiger partial charge in [0.25, 0.3) is 0 Å². The second kappa shape index (κ2) is 4.74. The average Bonchev–Trinajstić information content (AvgIpc) is 2.29. The molecule has 0 atom stereocenters. The van der Waals surface area contributed by atoms with E-state index < -0.39 is 0 Å². The van der Waals surface area contributed by atoms with Crippen LogP contribution >= 0.6 is 11.6 Å². The van der Waals surface area contributed by atoms with Crippen molar-refractivity contribution < 1.29 is 9.90 Å². The van der Waals surface area contributed by atoms with Crippen molar-refractivity contribution in [3.05, 3.63) is 23.8 Å². The summed E-state index contributed by atoms with van der Waals surface area (Å²) in [5.74, 6) is 0.482. The van der Waals surface area contributed by atoms with E-state index in [-0.39, 0.29) is 11.7 Å². The fourth-order valence-corrected chi connectivity index (χ4v) is 2.26. The van der Waals surface area contributed by atoms with E-state index in [0.717, 1.165) is 18.4 Å². The van der Waals surface area contributed by atoms with Gasteiger partial charge in [-0.2, -0.15) is 0 Å². The third kappa shape index (κ3) is 2.00. The summed E-state index contributed by atoms with van der Waals surface area (Å²) in [5, 5.41) is 9.82. The van der Waals surface area contributed by atoms with Gasteiger partial charge in [0, 0.05) is 18.8 Å². The molecule has 1 heterocycles. The van der Waals surface area contributed by atoms with Crippen LogP contribution in [0.2, 0.25) is 0 Å². The second-order valence-corrected chi connectivity index (χ2v) is 4.25. The molecule has 86 valence electrons. The number of hydrogen-bond donors (Lipinski definition) is 1. The maximum Gasteiger partial charge on any atom is 0.228 e. The van der Waals surface area contributed by atoms with Crippen molar-refractivity contribution in [3.8, 4) is 5.75 Å². The fraction of sp³-hybridized carbons (Fsp3) is 0.417. The van der Waals surface area contributed by atoms with Gasteiger partial charge in [0.1, 0.15) is 5.75 Å². The molecule has 4 heteroatoms. The predicted molar refractivity (Wildman–Crippen MR) is 64.1 cm³/mol. The zero-order valence-electron chi connectivity index (χ0n) is 8.95. The van der Waals surface area contributed by atoms with Crippen LogP contribution in [0.3, 0.4) is 0 Å². The molecule has 0 saturated carbocycles. The summed E-state index contributed by atoms with van der Waals surface area (Å²) in [6.45, 7) is 0.667. The summed E-state index contributed by atoms with van der Waals surface area (Å²) < 4.78 is 0. The number of alkyl halides is 1. The molecule has 16 heavy (non-hydrogen) atoms. The number of halogens is 1. The highest BCUT2D eigenvalue weighted by molar-refractivity contribution is 6.19. The molecular weight excluding hydrogens is 226 g/mol. The molecule has 0 unspecified atom stereocenters. The molecule has 1 N–H and O–H groups in total. The first-order chi connectivity index (χ1) is 7.74. The van der Waals surface area contributed by atoms with E-state index in [1.807, 2.05) is 12.1 Å². The van der Waals surface area contributed by atoms with E-state index in [2.05, 4.69) is 0 Å². The Morgan fingerprint density at radius 1 is 1.50 bits per heavy atom. The molecule has 0 bridgehead atoms. The number of rotatable bonds is 2. The van der Waals surface area contributed by atoms with Gasteiger partial charge in [0.15, 0.2) is 0 Å².